The van der Waals surface area contributed by atoms with Crippen LogP contribution in [0, 0.1) is 13.8 Å². The third kappa shape index (κ3) is 12.0. The molecule has 0 aromatic heterocycles. The van der Waals surface area contributed by atoms with E-state index in [-0.39, 0.29) is 11.8 Å². The van der Waals surface area contributed by atoms with E-state index in [1.54, 1.807) is 32.6 Å². The lowest BCUT2D eigenvalue weighted by atomic mass is 9.95. The molecule has 7 nitrogen and oxygen atoms in total. The van der Waals surface area contributed by atoms with Crippen molar-refractivity contribution in [3.8, 4) is 0 Å². The van der Waals surface area contributed by atoms with Gasteiger partial charge in [0.1, 0.15) is 17.7 Å². The maximum Gasteiger partial charge on any atom is 0.408 e. The molecule has 0 saturated carbocycles. The van der Waals surface area contributed by atoms with Gasteiger partial charge >= 0.3 is 6.09 Å². The Morgan fingerprint density at radius 2 is 1.57 bits per heavy atom. The van der Waals surface area contributed by atoms with Crippen molar-refractivity contribution in [2.45, 2.75) is 124 Å². The molecule has 2 unspecified atom stereocenters. The van der Waals surface area contributed by atoms with Gasteiger partial charge in [0, 0.05) is 13.1 Å². The number of aryl methyl sites for hydroxylation is 2. The SMILES string of the molecule is CCCCCCCCN(C(=O)C(C)NC(=O)OC(C)(C)C)C(C(=O)NCCCC)c1cc(C)ccc1C. The van der Waals surface area contributed by atoms with E-state index >= 15 is 0 Å². The highest BCUT2D eigenvalue weighted by Crippen LogP contribution is 2.27. The summed E-state index contributed by atoms with van der Waals surface area (Å²) < 4.78 is 5.37. The molecule has 0 spiro atoms. The maximum absolute atomic E-state index is 13.8. The summed E-state index contributed by atoms with van der Waals surface area (Å²) in [4.78, 5) is 41.5. The molecule has 1 aromatic rings. The van der Waals surface area contributed by atoms with Crippen LogP contribution in [0.3, 0.4) is 0 Å². The first-order valence-electron chi connectivity index (χ1n) is 14.1. The summed E-state index contributed by atoms with van der Waals surface area (Å²) in [6.45, 7) is 16.2. The van der Waals surface area contributed by atoms with Crippen molar-refractivity contribution in [2.75, 3.05) is 13.1 Å². The summed E-state index contributed by atoms with van der Waals surface area (Å²) in [5.74, 6) is -0.484. The van der Waals surface area contributed by atoms with E-state index in [2.05, 4.69) is 24.5 Å². The molecule has 0 aliphatic heterocycles. The summed E-state index contributed by atoms with van der Waals surface area (Å²) in [7, 11) is 0. The number of amides is 3. The number of benzene rings is 1. The number of rotatable bonds is 15. The zero-order valence-electron chi connectivity index (χ0n) is 24.5. The Balaban J connectivity index is 3.30. The quantitative estimate of drug-likeness (QED) is 0.265. The highest BCUT2D eigenvalue weighted by molar-refractivity contribution is 5.92. The highest BCUT2D eigenvalue weighted by atomic mass is 16.6. The molecule has 0 aliphatic carbocycles. The van der Waals surface area contributed by atoms with Crippen molar-refractivity contribution in [1.82, 2.24) is 15.5 Å². The lowest BCUT2D eigenvalue weighted by Crippen LogP contribution is -2.52. The topological polar surface area (TPSA) is 87.7 Å². The first-order valence-corrected chi connectivity index (χ1v) is 14.1. The fourth-order valence-electron chi connectivity index (χ4n) is 4.21. The molecule has 7 heteroatoms. The van der Waals surface area contributed by atoms with E-state index in [4.69, 9.17) is 4.74 Å². The smallest absolute Gasteiger partial charge is 0.408 e. The Labute approximate surface area is 225 Å². The van der Waals surface area contributed by atoms with Gasteiger partial charge in [-0.2, -0.15) is 0 Å². The van der Waals surface area contributed by atoms with Crippen LogP contribution < -0.4 is 10.6 Å². The van der Waals surface area contributed by atoms with Crippen LogP contribution in [0.1, 0.15) is 116 Å². The van der Waals surface area contributed by atoms with Gasteiger partial charge in [-0.05, 0) is 65.5 Å². The first kappa shape index (κ1) is 32.5. The molecule has 0 bridgehead atoms. The number of nitrogens with one attached hydrogen (secondary N) is 2. The van der Waals surface area contributed by atoms with Crippen molar-refractivity contribution in [2.24, 2.45) is 0 Å². The van der Waals surface area contributed by atoms with E-state index < -0.39 is 23.8 Å². The number of alkyl carbamates (subject to hydrolysis) is 1. The van der Waals surface area contributed by atoms with Crippen LogP contribution in [0.25, 0.3) is 0 Å². The lowest BCUT2D eigenvalue weighted by molar-refractivity contribution is -0.142. The fourth-order valence-corrected chi connectivity index (χ4v) is 4.21. The molecule has 0 saturated heterocycles. The molecule has 1 aromatic carbocycles. The minimum atomic E-state index is -0.842. The average Bonchev–Trinajstić information content (AvgIpc) is 2.80. The van der Waals surface area contributed by atoms with Crippen LogP contribution in [0.2, 0.25) is 0 Å². The van der Waals surface area contributed by atoms with Crippen molar-refractivity contribution in [1.29, 1.82) is 0 Å². The zero-order valence-corrected chi connectivity index (χ0v) is 24.5. The van der Waals surface area contributed by atoms with E-state index in [1.807, 2.05) is 32.0 Å². The molecule has 0 radical (unpaired) electrons. The number of carbonyl (C=O) groups is 3. The normalized spacial score (nSPS) is 13.0. The summed E-state index contributed by atoms with van der Waals surface area (Å²) in [6, 6.07) is 4.38. The number of hydrogen-bond acceptors (Lipinski definition) is 4. The summed E-state index contributed by atoms with van der Waals surface area (Å²) in [6.07, 6.45) is 7.59. The Bertz CT molecular complexity index is 863. The predicted octanol–water partition coefficient (Wildman–Crippen LogP) is 6.36. The Morgan fingerprint density at radius 1 is 0.946 bits per heavy atom. The lowest BCUT2D eigenvalue weighted by Gasteiger charge is -2.34. The summed E-state index contributed by atoms with van der Waals surface area (Å²) in [5.41, 5.74) is 2.12. The van der Waals surface area contributed by atoms with Gasteiger partial charge < -0.3 is 20.3 Å². The van der Waals surface area contributed by atoms with Crippen molar-refractivity contribution < 1.29 is 19.1 Å². The van der Waals surface area contributed by atoms with Crippen LogP contribution >= 0.6 is 0 Å². The number of carbonyl (C=O) groups excluding carboxylic acids is 3. The Hall–Kier alpha value is -2.57. The van der Waals surface area contributed by atoms with Crippen LogP contribution in [-0.2, 0) is 14.3 Å². The zero-order chi connectivity index (χ0) is 28.0. The second-order valence-electron chi connectivity index (χ2n) is 11.1. The molecule has 2 atom stereocenters. The van der Waals surface area contributed by atoms with Crippen LogP contribution in [0.4, 0.5) is 4.79 Å². The molecular weight excluding hydrogens is 466 g/mol. The minimum absolute atomic E-state index is 0.189. The third-order valence-corrected chi connectivity index (χ3v) is 6.26. The van der Waals surface area contributed by atoms with Gasteiger partial charge in [-0.15, -0.1) is 0 Å². The predicted molar refractivity (Wildman–Crippen MR) is 150 cm³/mol. The van der Waals surface area contributed by atoms with Crippen LogP contribution in [0.15, 0.2) is 18.2 Å². The molecule has 0 heterocycles. The monoisotopic (exact) mass is 517 g/mol. The molecule has 1 rings (SSSR count). The van der Waals surface area contributed by atoms with Gasteiger partial charge in [0.05, 0.1) is 0 Å². The Kier molecular flexibility index (Phi) is 14.3. The van der Waals surface area contributed by atoms with Crippen molar-refractivity contribution in [3.05, 3.63) is 34.9 Å². The molecular formula is C30H51N3O4. The average molecular weight is 518 g/mol. The number of unbranched alkanes of at least 4 members (excludes halogenated alkanes) is 6. The van der Waals surface area contributed by atoms with E-state index in [9.17, 15) is 14.4 Å². The van der Waals surface area contributed by atoms with Crippen molar-refractivity contribution in [3.63, 3.8) is 0 Å². The second-order valence-corrected chi connectivity index (χ2v) is 11.1. The van der Waals surface area contributed by atoms with E-state index in [0.717, 1.165) is 48.8 Å². The molecule has 0 fully saturated rings. The molecule has 3 amide bonds. The van der Waals surface area contributed by atoms with Crippen LogP contribution in [0.5, 0.6) is 0 Å². The number of hydrogen-bond donors (Lipinski definition) is 2. The van der Waals surface area contributed by atoms with Crippen molar-refractivity contribution >= 4 is 17.9 Å². The second kappa shape index (κ2) is 16.3. The van der Waals surface area contributed by atoms with E-state index in [0.29, 0.717) is 13.1 Å². The molecule has 210 valence electrons. The first-order chi connectivity index (χ1) is 17.4. The maximum atomic E-state index is 13.8. The standard InChI is InChI=1S/C30H51N3O4/c1-9-11-13-14-15-16-20-33(28(35)24(5)32-29(36)37-30(6,7)8)26(27(34)31-19-12-10-2)25-21-22(3)17-18-23(25)4/h17-18,21,24,26H,9-16,19-20H2,1-8H3,(H,31,34)(H,32,36). The number of nitrogens with zero attached hydrogens (tertiary/aromatic N) is 1. The summed E-state index contributed by atoms with van der Waals surface area (Å²) in [5, 5.41) is 5.72. The largest absolute Gasteiger partial charge is 0.444 e. The minimum Gasteiger partial charge on any atom is -0.444 e. The van der Waals surface area contributed by atoms with Gasteiger partial charge in [0.15, 0.2) is 0 Å². The summed E-state index contributed by atoms with van der Waals surface area (Å²) >= 11 is 0. The van der Waals surface area contributed by atoms with Gasteiger partial charge in [0.2, 0.25) is 11.8 Å². The molecule has 2 N–H and O–H groups in total. The fraction of sp³-hybridized carbons (Fsp3) is 0.700. The highest BCUT2D eigenvalue weighted by Gasteiger charge is 2.35. The van der Waals surface area contributed by atoms with Crippen LogP contribution in [-0.4, -0.2) is 47.5 Å². The number of ether oxygens (including phenoxy) is 1. The van der Waals surface area contributed by atoms with Gasteiger partial charge in [-0.25, -0.2) is 4.79 Å². The van der Waals surface area contributed by atoms with E-state index in [1.165, 1.54) is 19.3 Å². The third-order valence-electron chi connectivity index (χ3n) is 6.26. The Morgan fingerprint density at radius 3 is 2.19 bits per heavy atom. The van der Waals surface area contributed by atoms with Gasteiger partial charge in [0.25, 0.3) is 0 Å². The molecule has 0 aliphatic rings. The molecule has 37 heavy (non-hydrogen) atoms. The van der Waals surface area contributed by atoms with Gasteiger partial charge in [-0.1, -0.05) is 76.1 Å². The van der Waals surface area contributed by atoms with Gasteiger partial charge in [-0.3, -0.25) is 9.59 Å².